The van der Waals surface area contributed by atoms with Crippen LogP contribution >= 0.6 is 0 Å². The first kappa shape index (κ1) is 45.4. The van der Waals surface area contributed by atoms with Crippen molar-refractivity contribution in [3.63, 3.8) is 0 Å². The highest BCUT2D eigenvalue weighted by Gasteiger charge is 2.49. The summed E-state index contributed by atoms with van der Waals surface area (Å²) in [6.07, 6.45) is 12.0. The number of hydrogen-bond acceptors (Lipinski definition) is 13. The molecule has 0 bridgehead atoms. The van der Waals surface area contributed by atoms with Gasteiger partial charge in [-0.15, -0.1) is 0 Å². The Hall–Kier alpha value is -7.03. The Labute approximate surface area is 329 Å². The number of carboxylic acids is 1. The molecule has 0 amide bonds. The van der Waals surface area contributed by atoms with Crippen molar-refractivity contribution in [2.24, 2.45) is 0 Å². The van der Waals surface area contributed by atoms with Crippen LogP contribution in [-0.2, 0) is 32.7 Å². The lowest BCUT2D eigenvalue weighted by Gasteiger charge is -2.09. The van der Waals surface area contributed by atoms with Crippen molar-refractivity contribution < 1.29 is 50.0 Å². The second-order valence-electron chi connectivity index (χ2n) is 11.1. The first-order valence-electron chi connectivity index (χ1n) is 17.0. The molecule has 17 nitrogen and oxygen atoms in total. The summed E-state index contributed by atoms with van der Waals surface area (Å²) in [5.74, 6) is -2.21. The molecule has 21 heteroatoms. The number of hydrogen-bond donors (Lipinski definition) is 2. The molecule has 0 spiro atoms. The zero-order valence-corrected chi connectivity index (χ0v) is 31.9. The molecule has 2 N–H and O–H groups in total. The molecule has 0 aliphatic carbocycles. The van der Waals surface area contributed by atoms with E-state index >= 15 is 0 Å². The van der Waals surface area contributed by atoms with Crippen molar-refractivity contribution >= 4 is 27.8 Å². The highest BCUT2D eigenvalue weighted by molar-refractivity contribution is 7.87. The number of rotatable bonds is 11. The highest BCUT2D eigenvalue weighted by atomic mass is 32.2. The highest BCUT2D eigenvalue weighted by Crippen LogP contribution is 2.29. The Bertz CT molecular complexity index is 2380. The predicted octanol–water partition coefficient (Wildman–Crippen LogP) is 5.45. The number of pyridine rings is 4. The van der Waals surface area contributed by atoms with Gasteiger partial charge in [-0.25, -0.2) is 9.48 Å². The number of Topliss-reactive ketones (excluding diaryl/α,β-unsaturated/α-hetero) is 1. The van der Waals surface area contributed by atoms with Crippen LogP contribution in [0.4, 0.5) is 13.2 Å². The average molecular weight is 827 g/mol. The van der Waals surface area contributed by atoms with E-state index in [1.54, 1.807) is 73.5 Å². The minimum absolute atomic E-state index is 0.00801. The van der Waals surface area contributed by atoms with Gasteiger partial charge in [-0.3, -0.25) is 44.1 Å². The molecule has 0 atom stereocenters. The Balaban J connectivity index is 0.000000216. The van der Waals surface area contributed by atoms with E-state index in [-0.39, 0.29) is 35.6 Å². The molecule has 6 aromatic heterocycles. The van der Waals surface area contributed by atoms with E-state index in [0.717, 1.165) is 22.0 Å². The molecule has 0 unspecified atom stereocenters. The number of ketones is 1. The van der Waals surface area contributed by atoms with Gasteiger partial charge >= 0.3 is 27.6 Å². The molecule has 6 aromatic rings. The maximum Gasteiger partial charge on any atom is 0.534 e. The lowest BCUT2D eigenvalue weighted by molar-refractivity contribution is -0.141. The fourth-order valence-electron chi connectivity index (χ4n) is 4.31. The Morgan fingerprint density at radius 3 is 1.78 bits per heavy atom. The van der Waals surface area contributed by atoms with Crippen LogP contribution in [0.25, 0.3) is 22.5 Å². The molecular weight excluding hydrogens is 790 g/mol. The third-order valence-corrected chi connectivity index (χ3v) is 8.02. The molecule has 0 aliphatic rings. The van der Waals surface area contributed by atoms with Crippen LogP contribution in [0.5, 0.6) is 5.88 Å². The number of nitrogens with one attached hydrogen (secondary N) is 1. The predicted molar refractivity (Wildman–Crippen MR) is 202 cm³/mol. The van der Waals surface area contributed by atoms with Crippen molar-refractivity contribution in [1.29, 1.82) is 0 Å². The van der Waals surface area contributed by atoms with Crippen LogP contribution in [0.2, 0.25) is 0 Å². The standard InChI is InChI=1S/C11H10F3N3O3S.C10H11N3O.C10H11NO3.C6H5NO2/c1-2-17-10(20-21(18,19)11(12,13)14)6-9(16-17)8-4-3-5-15-7-8;1-2-13-10(14)6-9(12-13)8-4-3-5-11-7-8;1-2-14-10(13)6-9(12)8-4-3-5-11-7-8;8-6(9)5-2-1-3-7-4-5/h3-7H,2H2,1H3;3-7,12H,2H2,1H3;3-5,7H,2,6H2,1H3;1-4H,(H,8,9). The lowest BCUT2D eigenvalue weighted by atomic mass is 10.1. The molecule has 58 heavy (non-hydrogen) atoms. The smallest absolute Gasteiger partial charge is 0.478 e. The van der Waals surface area contributed by atoms with Crippen LogP contribution in [0.1, 0.15) is 47.9 Å². The third-order valence-electron chi connectivity index (χ3n) is 7.06. The maximum absolute atomic E-state index is 12.3. The number of aromatic nitrogens is 8. The molecule has 0 aromatic carbocycles. The zero-order chi connectivity index (χ0) is 42.7. The topological polar surface area (TPSA) is 231 Å². The molecule has 0 aliphatic heterocycles. The van der Waals surface area contributed by atoms with Crippen molar-refractivity contribution in [2.45, 2.75) is 45.8 Å². The van der Waals surface area contributed by atoms with Crippen molar-refractivity contribution in [2.75, 3.05) is 6.61 Å². The summed E-state index contributed by atoms with van der Waals surface area (Å²) < 4.78 is 70.4. The van der Waals surface area contributed by atoms with E-state index in [1.807, 2.05) is 19.1 Å². The van der Waals surface area contributed by atoms with E-state index in [4.69, 9.17) is 5.11 Å². The van der Waals surface area contributed by atoms with Gasteiger partial charge in [0.1, 0.15) is 6.42 Å². The lowest BCUT2D eigenvalue weighted by Crippen LogP contribution is -2.28. The minimum Gasteiger partial charge on any atom is -0.478 e. The van der Waals surface area contributed by atoms with Crippen LogP contribution in [0, 0.1) is 0 Å². The van der Waals surface area contributed by atoms with Crippen LogP contribution in [0.3, 0.4) is 0 Å². The fourth-order valence-corrected chi connectivity index (χ4v) is 4.76. The van der Waals surface area contributed by atoms with Crippen molar-refractivity contribution in [3.05, 3.63) is 132 Å². The van der Waals surface area contributed by atoms with Gasteiger partial charge in [-0.05, 0) is 69.3 Å². The summed E-state index contributed by atoms with van der Waals surface area (Å²) in [7, 11) is -5.73. The number of carboxylic acid groups (broad SMARTS) is 1. The summed E-state index contributed by atoms with van der Waals surface area (Å²) in [6, 6.07) is 16.1. The SMILES string of the molecule is CCOC(=O)CC(=O)c1cccnc1.CCn1[nH]c(-c2cccnc2)cc1=O.CCn1nc(-c2cccnc2)cc1OS(=O)(=O)C(F)(F)F.O=C(O)c1cccnc1. The number of nitrogens with zero attached hydrogens (tertiary/aromatic N) is 7. The first-order chi connectivity index (χ1) is 27.6. The molecule has 0 radical (unpaired) electrons. The van der Waals surface area contributed by atoms with Gasteiger partial charge in [0.15, 0.2) is 5.78 Å². The molecule has 0 saturated heterocycles. The van der Waals surface area contributed by atoms with Gasteiger partial charge in [0, 0.05) is 91.5 Å². The van der Waals surface area contributed by atoms with Gasteiger partial charge in [-0.1, -0.05) is 0 Å². The number of halogens is 3. The number of aryl methyl sites for hydroxylation is 2. The minimum atomic E-state index is -5.73. The zero-order valence-electron chi connectivity index (χ0n) is 31.1. The second-order valence-corrected chi connectivity index (χ2v) is 12.6. The number of aromatic amines is 1. The van der Waals surface area contributed by atoms with Gasteiger partial charge in [0.05, 0.1) is 23.6 Å². The average Bonchev–Trinajstić information content (AvgIpc) is 3.81. The molecule has 306 valence electrons. The monoisotopic (exact) mass is 826 g/mol. The number of esters is 1. The summed E-state index contributed by atoms with van der Waals surface area (Å²) in [6.45, 7) is 6.30. The van der Waals surface area contributed by atoms with E-state index < -0.39 is 33.4 Å². The van der Waals surface area contributed by atoms with E-state index in [9.17, 15) is 40.8 Å². The van der Waals surface area contributed by atoms with Crippen LogP contribution < -0.4 is 9.74 Å². The second kappa shape index (κ2) is 21.9. The number of H-pyrrole nitrogens is 1. The normalized spacial score (nSPS) is 10.7. The summed E-state index contributed by atoms with van der Waals surface area (Å²) in [4.78, 5) is 59.1. The third kappa shape index (κ3) is 13.9. The first-order valence-corrected chi connectivity index (χ1v) is 18.4. The summed E-state index contributed by atoms with van der Waals surface area (Å²) >= 11 is 0. The fraction of sp³-hybridized carbons (Fsp3) is 0.216. The largest absolute Gasteiger partial charge is 0.534 e. The Morgan fingerprint density at radius 1 is 0.793 bits per heavy atom. The van der Waals surface area contributed by atoms with E-state index in [0.29, 0.717) is 24.3 Å². The van der Waals surface area contributed by atoms with Gasteiger partial charge in [0.25, 0.3) is 5.56 Å². The van der Waals surface area contributed by atoms with Crippen molar-refractivity contribution in [1.82, 2.24) is 39.5 Å². The molecule has 0 saturated carbocycles. The quantitative estimate of drug-likeness (QED) is 0.0544. The van der Waals surface area contributed by atoms with Crippen LogP contribution in [-0.4, -0.2) is 82.9 Å². The molecular formula is C37H37F3N8O9S. The number of ether oxygens (including phenoxy) is 1. The summed E-state index contributed by atoms with van der Waals surface area (Å²) in [5.41, 5.74) is -2.33. The number of carbonyl (C=O) groups is 3. The molecule has 6 heterocycles. The number of aromatic carboxylic acids is 1. The maximum atomic E-state index is 12.3. The number of alkyl halides is 3. The molecule has 0 fully saturated rings. The Kier molecular flexibility index (Phi) is 17.1. The number of carbonyl (C=O) groups excluding carboxylic acids is 2. The summed E-state index contributed by atoms with van der Waals surface area (Å²) in [5, 5.41) is 15.3. The van der Waals surface area contributed by atoms with Gasteiger partial charge in [0.2, 0.25) is 5.88 Å². The molecule has 6 rings (SSSR count). The van der Waals surface area contributed by atoms with Crippen LogP contribution in [0.15, 0.2) is 115 Å². The van der Waals surface area contributed by atoms with Gasteiger partial charge < -0.3 is 14.0 Å². The van der Waals surface area contributed by atoms with Crippen molar-refractivity contribution in [3.8, 4) is 28.4 Å². The van der Waals surface area contributed by atoms with E-state index in [2.05, 4.69) is 39.1 Å². The Morgan fingerprint density at radius 2 is 1.34 bits per heavy atom. The van der Waals surface area contributed by atoms with Gasteiger partial charge in [-0.2, -0.15) is 26.7 Å². The van der Waals surface area contributed by atoms with E-state index in [1.165, 1.54) is 37.1 Å².